The number of aromatic nitrogens is 2. The maximum absolute atomic E-state index is 12.5. The molecule has 9 nitrogen and oxygen atoms in total. The summed E-state index contributed by atoms with van der Waals surface area (Å²) in [5.74, 6) is 0.862. The van der Waals surface area contributed by atoms with E-state index in [0.29, 0.717) is 34.6 Å². The van der Waals surface area contributed by atoms with E-state index in [2.05, 4.69) is 15.6 Å². The highest BCUT2D eigenvalue weighted by Crippen LogP contribution is 2.34. The summed E-state index contributed by atoms with van der Waals surface area (Å²) < 4.78 is 12.2. The number of aliphatic hydroxyl groups is 1. The molecule has 0 fully saturated rings. The van der Waals surface area contributed by atoms with E-state index in [1.807, 2.05) is 31.2 Å². The first-order chi connectivity index (χ1) is 16.0. The number of amides is 2. The van der Waals surface area contributed by atoms with Gasteiger partial charge in [0.1, 0.15) is 6.54 Å². The maximum atomic E-state index is 12.5. The number of hydrogen-bond acceptors (Lipinski definition) is 7. The number of nitrogens with one attached hydrogen (secondary N) is 2. The number of hydrogen-bond donors (Lipinski definition) is 3. The molecule has 0 aliphatic carbocycles. The van der Waals surface area contributed by atoms with Crippen molar-refractivity contribution < 1.29 is 24.2 Å². The van der Waals surface area contributed by atoms with Gasteiger partial charge in [-0.2, -0.15) is 0 Å². The van der Waals surface area contributed by atoms with Crippen LogP contribution in [0.2, 0.25) is 0 Å². The summed E-state index contributed by atoms with van der Waals surface area (Å²) in [5, 5.41) is 15.8. The van der Waals surface area contributed by atoms with Gasteiger partial charge in [-0.1, -0.05) is 41.6 Å². The number of rotatable bonds is 9. The van der Waals surface area contributed by atoms with Gasteiger partial charge in [0.25, 0.3) is 0 Å². The lowest BCUT2D eigenvalue weighted by Gasteiger charge is -2.11. The molecule has 0 saturated carbocycles. The number of anilines is 1. The molecule has 0 spiro atoms. The predicted molar refractivity (Wildman–Crippen MR) is 123 cm³/mol. The van der Waals surface area contributed by atoms with Gasteiger partial charge < -0.3 is 29.8 Å². The Morgan fingerprint density at radius 2 is 1.91 bits per heavy atom. The van der Waals surface area contributed by atoms with E-state index in [1.54, 1.807) is 22.8 Å². The molecule has 2 amide bonds. The van der Waals surface area contributed by atoms with Gasteiger partial charge in [0, 0.05) is 18.3 Å². The fourth-order valence-electron chi connectivity index (χ4n) is 3.21. The zero-order chi connectivity index (χ0) is 23.2. The summed E-state index contributed by atoms with van der Waals surface area (Å²) >= 11 is 1.19. The molecule has 0 unspecified atom stereocenters. The lowest BCUT2D eigenvalue weighted by Crippen LogP contribution is -2.28. The number of ether oxygens (including phenoxy) is 2. The van der Waals surface area contributed by atoms with E-state index in [9.17, 15) is 14.7 Å². The van der Waals surface area contributed by atoms with Gasteiger partial charge >= 0.3 is 0 Å². The third-order valence-electron chi connectivity index (χ3n) is 4.96. The minimum Gasteiger partial charge on any atom is -0.454 e. The molecule has 0 radical (unpaired) electrons. The van der Waals surface area contributed by atoms with Gasteiger partial charge in [0.05, 0.1) is 24.3 Å². The first-order valence-electron chi connectivity index (χ1n) is 10.3. The lowest BCUT2D eigenvalue weighted by atomic mass is 10.1. The van der Waals surface area contributed by atoms with E-state index in [4.69, 9.17) is 9.47 Å². The first kappa shape index (κ1) is 22.7. The number of aryl methyl sites for hydroxylation is 1. The average Bonchev–Trinajstić information content (AvgIpc) is 3.43. The quantitative estimate of drug-likeness (QED) is 0.413. The summed E-state index contributed by atoms with van der Waals surface area (Å²) in [6.45, 7) is 2.31. The second kappa shape index (κ2) is 10.4. The summed E-state index contributed by atoms with van der Waals surface area (Å²) in [6.07, 6.45) is 1.51. The van der Waals surface area contributed by atoms with Crippen LogP contribution in [0.25, 0.3) is 0 Å². The van der Waals surface area contributed by atoms with Crippen LogP contribution >= 0.6 is 11.8 Å². The minimum absolute atomic E-state index is 0.00608. The van der Waals surface area contributed by atoms with E-state index < -0.39 is 0 Å². The van der Waals surface area contributed by atoms with E-state index in [0.717, 1.165) is 11.1 Å². The number of aliphatic hydroxyl groups excluding tert-OH is 1. The van der Waals surface area contributed by atoms with Crippen molar-refractivity contribution in [1.82, 2.24) is 14.9 Å². The summed E-state index contributed by atoms with van der Waals surface area (Å²) in [4.78, 5) is 29.2. The molecule has 1 aromatic heterocycles. The molecule has 3 N–H and O–H groups in total. The van der Waals surface area contributed by atoms with Crippen molar-refractivity contribution in [3.8, 4) is 11.5 Å². The lowest BCUT2D eigenvalue weighted by molar-refractivity contribution is -0.122. The van der Waals surface area contributed by atoms with Crippen LogP contribution in [0.15, 0.2) is 53.8 Å². The molecule has 1 aliphatic heterocycles. The SMILES string of the molecule is Cc1ccc(CNC(=O)Cn2c(CO)cnc2SCC(=O)Nc2ccc3c(c2)OCO3)cc1. The molecule has 33 heavy (non-hydrogen) atoms. The normalized spacial score (nSPS) is 11.9. The summed E-state index contributed by atoms with van der Waals surface area (Å²) in [6, 6.07) is 13.1. The monoisotopic (exact) mass is 468 g/mol. The number of fused-ring (bicyclic) bond motifs is 1. The van der Waals surface area contributed by atoms with Gasteiger partial charge in [-0.3, -0.25) is 9.59 Å². The Morgan fingerprint density at radius 3 is 2.70 bits per heavy atom. The molecule has 2 aromatic carbocycles. The predicted octanol–water partition coefficient (Wildman–Crippen LogP) is 2.46. The van der Waals surface area contributed by atoms with E-state index in [1.165, 1.54) is 18.0 Å². The summed E-state index contributed by atoms with van der Waals surface area (Å²) in [5.41, 5.74) is 3.25. The van der Waals surface area contributed by atoms with Crippen molar-refractivity contribution in [3.63, 3.8) is 0 Å². The van der Waals surface area contributed by atoms with Crippen LogP contribution in [0.5, 0.6) is 11.5 Å². The molecular weight excluding hydrogens is 444 g/mol. The maximum Gasteiger partial charge on any atom is 0.240 e. The zero-order valence-corrected chi connectivity index (χ0v) is 18.9. The molecule has 0 atom stereocenters. The van der Waals surface area contributed by atoms with Crippen molar-refractivity contribution in [3.05, 3.63) is 65.5 Å². The van der Waals surface area contributed by atoms with Crippen LogP contribution in [-0.2, 0) is 29.3 Å². The van der Waals surface area contributed by atoms with Crippen molar-refractivity contribution in [2.24, 2.45) is 0 Å². The highest BCUT2D eigenvalue weighted by Gasteiger charge is 2.17. The van der Waals surface area contributed by atoms with E-state index >= 15 is 0 Å². The Kier molecular flexibility index (Phi) is 7.16. The number of carbonyl (C=O) groups is 2. The van der Waals surface area contributed by atoms with Gasteiger partial charge in [-0.15, -0.1) is 0 Å². The Labute approximate surface area is 195 Å². The van der Waals surface area contributed by atoms with Gasteiger partial charge in [-0.25, -0.2) is 4.98 Å². The Hall–Kier alpha value is -3.50. The second-order valence-electron chi connectivity index (χ2n) is 7.44. The average molecular weight is 469 g/mol. The topological polar surface area (TPSA) is 115 Å². The molecule has 4 rings (SSSR count). The molecule has 1 aliphatic rings. The van der Waals surface area contributed by atoms with Crippen LogP contribution in [0.4, 0.5) is 5.69 Å². The van der Waals surface area contributed by atoms with Crippen molar-refractivity contribution in [2.45, 2.75) is 31.8 Å². The Morgan fingerprint density at radius 1 is 1.12 bits per heavy atom. The van der Waals surface area contributed by atoms with Crippen LogP contribution in [0, 0.1) is 6.92 Å². The fraction of sp³-hybridized carbons (Fsp3) is 0.261. The second-order valence-corrected chi connectivity index (χ2v) is 8.39. The Bertz CT molecular complexity index is 1150. The minimum atomic E-state index is -0.262. The van der Waals surface area contributed by atoms with Gasteiger partial charge in [0.2, 0.25) is 18.6 Å². The molecular formula is C23H24N4O5S. The van der Waals surface area contributed by atoms with Gasteiger partial charge in [0.15, 0.2) is 16.7 Å². The Balaban J connectivity index is 1.32. The van der Waals surface area contributed by atoms with Crippen molar-refractivity contribution in [1.29, 1.82) is 0 Å². The summed E-state index contributed by atoms with van der Waals surface area (Å²) in [7, 11) is 0. The van der Waals surface area contributed by atoms with Gasteiger partial charge in [-0.05, 0) is 24.6 Å². The standard InChI is InChI=1S/C23H24N4O5S/c1-15-2-4-16(5-3-15)9-24-21(29)11-27-18(12-28)10-25-23(27)33-13-22(30)26-17-6-7-19-20(8-17)32-14-31-19/h2-8,10,28H,9,11-14H2,1H3,(H,24,29)(H,26,30). The number of imidazole rings is 1. The van der Waals surface area contributed by atoms with Crippen LogP contribution in [0.3, 0.4) is 0 Å². The fourth-order valence-corrected chi connectivity index (χ4v) is 4.01. The molecule has 0 bridgehead atoms. The number of carbonyl (C=O) groups excluding carboxylic acids is 2. The first-order valence-corrected chi connectivity index (χ1v) is 11.3. The highest BCUT2D eigenvalue weighted by atomic mass is 32.2. The van der Waals surface area contributed by atoms with E-state index in [-0.39, 0.29) is 37.5 Å². The molecule has 2 heterocycles. The third-order valence-corrected chi connectivity index (χ3v) is 5.95. The van der Waals surface area contributed by atoms with Crippen molar-refractivity contribution in [2.75, 3.05) is 17.9 Å². The molecule has 3 aromatic rings. The number of thioether (sulfide) groups is 1. The molecule has 0 saturated heterocycles. The molecule has 10 heteroatoms. The number of nitrogens with zero attached hydrogens (tertiary/aromatic N) is 2. The third kappa shape index (κ3) is 5.85. The van der Waals surface area contributed by atoms with Crippen molar-refractivity contribution >= 4 is 29.3 Å². The largest absolute Gasteiger partial charge is 0.454 e. The smallest absolute Gasteiger partial charge is 0.240 e. The van der Waals surface area contributed by atoms with Crippen LogP contribution in [-0.4, -0.2) is 39.0 Å². The van der Waals surface area contributed by atoms with Crippen LogP contribution in [0.1, 0.15) is 16.8 Å². The highest BCUT2D eigenvalue weighted by molar-refractivity contribution is 7.99. The molecule has 172 valence electrons. The van der Waals surface area contributed by atoms with Crippen LogP contribution < -0.4 is 20.1 Å². The zero-order valence-electron chi connectivity index (χ0n) is 18.0. The number of benzene rings is 2.